The van der Waals surface area contributed by atoms with Crippen LogP contribution in [0.2, 0.25) is 0 Å². The second-order valence-electron chi connectivity index (χ2n) is 16.7. The molecular weight excluding hydrogens is 685 g/mol. The van der Waals surface area contributed by atoms with Crippen molar-refractivity contribution >= 4 is 17.9 Å². The van der Waals surface area contributed by atoms with E-state index in [9.17, 15) is 14.4 Å². The van der Waals surface area contributed by atoms with Gasteiger partial charge in [-0.25, -0.2) is 0 Å². The first-order valence-electron chi connectivity index (χ1n) is 24.5. The van der Waals surface area contributed by atoms with Gasteiger partial charge in [-0.05, 0) is 19.3 Å². The van der Waals surface area contributed by atoms with E-state index in [1.165, 1.54) is 180 Å². The molecule has 0 spiro atoms. The van der Waals surface area contributed by atoms with E-state index in [0.717, 1.165) is 57.8 Å². The number of hydrogen-bond donors (Lipinski definition) is 0. The lowest BCUT2D eigenvalue weighted by Gasteiger charge is -2.18. The highest BCUT2D eigenvalue weighted by Gasteiger charge is 2.19. The average molecular weight is 779 g/mol. The molecule has 0 aromatic carbocycles. The zero-order valence-corrected chi connectivity index (χ0v) is 37.2. The van der Waals surface area contributed by atoms with Crippen molar-refractivity contribution < 1.29 is 28.6 Å². The minimum Gasteiger partial charge on any atom is -0.462 e. The molecule has 0 amide bonds. The zero-order chi connectivity index (χ0) is 40.1. The van der Waals surface area contributed by atoms with Crippen molar-refractivity contribution in [3.05, 3.63) is 0 Å². The predicted octanol–water partition coefficient (Wildman–Crippen LogP) is 15.6. The van der Waals surface area contributed by atoms with Gasteiger partial charge in [0.15, 0.2) is 6.10 Å². The van der Waals surface area contributed by atoms with Gasteiger partial charge in [0.2, 0.25) is 0 Å². The predicted molar refractivity (Wildman–Crippen MR) is 233 cm³/mol. The molecule has 0 radical (unpaired) electrons. The van der Waals surface area contributed by atoms with Crippen LogP contribution in [0.1, 0.15) is 278 Å². The fraction of sp³-hybridized carbons (Fsp3) is 0.939. The molecule has 0 bridgehead atoms. The standard InChI is InChI=1S/C49H94O6/c1-4-7-10-13-16-19-21-23-24-25-26-28-30-33-36-39-42-48(51)54-45-46(44-53-47(50)41-38-35-32-29-18-15-12-9-6-3)55-49(52)43-40-37-34-31-27-22-20-17-14-11-8-5-2/h46H,4-45H2,1-3H3/t46-/m1/s1. The molecule has 0 aliphatic heterocycles. The summed E-state index contributed by atoms with van der Waals surface area (Å²) in [5.74, 6) is -0.848. The van der Waals surface area contributed by atoms with Gasteiger partial charge >= 0.3 is 17.9 Å². The number of rotatable bonds is 45. The van der Waals surface area contributed by atoms with E-state index >= 15 is 0 Å². The minimum atomic E-state index is -0.758. The maximum atomic E-state index is 12.7. The number of ether oxygens (including phenoxy) is 3. The van der Waals surface area contributed by atoms with E-state index in [1.54, 1.807) is 0 Å². The Balaban J connectivity index is 4.26. The van der Waals surface area contributed by atoms with Gasteiger partial charge in [0, 0.05) is 19.3 Å². The summed E-state index contributed by atoms with van der Waals surface area (Å²) in [5, 5.41) is 0. The molecule has 0 saturated heterocycles. The van der Waals surface area contributed by atoms with Gasteiger partial charge in [0.05, 0.1) is 0 Å². The van der Waals surface area contributed by atoms with Crippen LogP contribution in [-0.2, 0) is 28.6 Å². The maximum Gasteiger partial charge on any atom is 0.306 e. The first-order chi connectivity index (χ1) is 27.0. The summed E-state index contributed by atoms with van der Waals surface area (Å²) < 4.78 is 16.7. The Morgan fingerprint density at radius 1 is 0.291 bits per heavy atom. The molecule has 0 aromatic heterocycles. The van der Waals surface area contributed by atoms with Crippen molar-refractivity contribution in [2.75, 3.05) is 13.2 Å². The zero-order valence-electron chi connectivity index (χ0n) is 37.2. The van der Waals surface area contributed by atoms with E-state index in [2.05, 4.69) is 20.8 Å². The highest BCUT2D eigenvalue weighted by molar-refractivity contribution is 5.71. The number of carbonyl (C=O) groups excluding carboxylic acids is 3. The average Bonchev–Trinajstić information content (AvgIpc) is 3.18. The Hall–Kier alpha value is -1.59. The van der Waals surface area contributed by atoms with Gasteiger partial charge < -0.3 is 14.2 Å². The fourth-order valence-electron chi connectivity index (χ4n) is 7.38. The highest BCUT2D eigenvalue weighted by Crippen LogP contribution is 2.16. The molecule has 0 heterocycles. The van der Waals surface area contributed by atoms with E-state index in [-0.39, 0.29) is 31.1 Å². The summed E-state index contributed by atoms with van der Waals surface area (Å²) in [7, 11) is 0. The van der Waals surface area contributed by atoms with Crippen LogP contribution >= 0.6 is 0 Å². The highest BCUT2D eigenvalue weighted by atomic mass is 16.6. The quantitative estimate of drug-likeness (QED) is 0.0348. The van der Waals surface area contributed by atoms with E-state index < -0.39 is 6.10 Å². The van der Waals surface area contributed by atoms with Gasteiger partial charge in [-0.3, -0.25) is 14.4 Å². The van der Waals surface area contributed by atoms with Crippen LogP contribution in [0, 0.1) is 0 Å². The molecule has 0 saturated carbocycles. The van der Waals surface area contributed by atoms with E-state index in [0.29, 0.717) is 19.3 Å². The van der Waals surface area contributed by atoms with Crippen molar-refractivity contribution in [1.29, 1.82) is 0 Å². The Kier molecular flexibility index (Phi) is 43.8. The number of esters is 3. The van der Waals surface area contributed by atoms with Crippen molar-refractivity contribution in [1.82, 2.24) is 0 Å². The Morgan fingerprint density at radius 3 is 0.727 bits per heavy atom. The molecule has 0 aliphatic carbocycles. The van der Waals surface area contributed by atoms with Crippen LogP contribution in [0.4, 0.5) is 0 Å². The lowest BCUT2D eigenvalue weighted by atomic mass is 10.0. The fourth-order valence-corrected chi connectivity index (χ4v) is 7.38. The van der Waals surface area contributed by atoms with Crippen molar-refractivity contribution in [3.63, 3.8) is 0 Å². The van der Waals surface area contributed by atoms with Gasteiger partial charge in [-0.15, -0.1) is 0 Å². The first-order valence-corrected chi connectivity index (χ1v) is 24.5. The van der Waals surface area contributed by atoms with Crippen molar-refractivity contribution in [3.8, 4) is 0 Å². The molecule has 0 aromatic rings. The van der Waals surface area contributed by atoms with E-state index in [1.807, 2.05) is 0 Å². The maximum absolute atomic E-state index is 12.7. The number of carbonyl (C=O) groups is 3. The third-order valence-electron chi connectivity index (χ3n) is 11.1. The van der Waals surface area contributed by atoms with Crippen LogP contribution in [0.5, 0.6) is 0 Å². The molecule has 0 fully saturated rings. The summed E-state index contributed by atoms with van der Waals surface area (Å²) in [4.78, 5) is 37.7. The second-order valence-corrected chi connectivity index (χ2v) is 16.7. The molecule has 0 aliphatic rings. The summed E-state index contributed by atoms with van der Waals surface area (Å²) in [6, 6.07) is 0. The topological polar surface area (TPSA) is 78.9 Å². The van der Waals surface area contributed by atoms with Gasteiger partial charge in [-0.1, -0.05) is 239 Å². The SMILES string of the molecule is CCCCCCCCCCCCCCCCCCC(=O)OC[C@@H](COC(=O)CCCCCCCCCCC)OC(=O)CCCCCCCCCCCCCC. The van der Waals surface area contributed by atoms with Gasteiger partial charge in [-0.2, -0.15) is 0 Å². The first kappa shape index (κ1) is 53.4. The van der Waals surface area contributed by atoms with Crippen molar-refractivity contribution in [2.24, 2.45) is 0 Å². The van der Waals surface area contributed by atoms with Crippen LogP contribution in [0.15, 0.2) is 0 Å². The molecular formula is C49H94O6. The lowest BCUT2D eigenvalue weighted by molar-refractivity contribution is -0.167. The largest absolute Gasteiger partial charge is 0.462 e. The molecule has 0 rings (SSSR count). The third kappa shape index (κ3) is 43.4. The molecule has 55 heavy (non-hydrogen) atoms. The molecule has 0 N–H and O–H groups in total. The van der Waals surface area contributed by atoms with Crippen molar-refractivity contribution in [2.45, 2.75) is 284 Å². The van der Waals surface area contributed by atoms with Crippen LogP contribution in [-0.4, -0.2) is 37.2 Å². The van der Waals surface area contributed by atoms with E-state index in [4.69, 9.17) is 14.2 Å². The summed E-state index contributed by atoms with van der Waals surface area (Å²) in [6.45, 7) is 6.65. The Labute approximate surface area is 342 Å². The number of unbranched alkanes of at least 4 members (excludes halogenated alkanes) is 34. The van der Waals surface area contributed by atoms with Gasteiger partial charge in [0.1, 0.15) is 13.2 Å². The lowest BCUT2D eigenvalue weighted by Crippen LogP contribution is -2.30. The molecule has 1 atom stereocenters. The molecule has 6 heteroatoms. The molecule has 0 unspecified atom stereocenters. The summed E-state index contributed by atoms with van der Waals surface area (Å²) >= 11 is 0. The second kappa shape index (κ2) is 45.1. The summed E-state index contributed by atoms with van der Waals surface area (Å²) in [6.07, 6.45) is 46.6. The normalized spacial score (nSPS) is 11.8. The number of hydrogen-bond acceptors (Lipinski definition) is 6. The van der Waals surface area contributed by atoms with Crippen LogP contribution in [0.3, 0.4) is 0 Å². The van der Waals surface area contributed by atoms with Crippen LogP contribution < -0.4 is 0 Å². The van der Waals surface area contributed by atoms with Crippen LogP contribution in [0.25, 0.3) is 0 Å². The minimum absolute atomic E-state index is 0.0623. The van der Waals surface area contributed by atoms with Gasteiger partial charge in [0.25, 0.3) is 0 Å². The smallest absolute Gasteiger partial charge is 0.306 e. The molecule has 326 valence electrons. The monoisotopic (exact) mass is 779 g/mol. The summed E-state index contributed by atoms with van der Waals surface area (Å²) in [5.41, 5.74) is 0. The Morgan fingerprint density at radius 2 is 0.491 bits per heavy atom. The third-order valence-corrected chi connectivity index (χ3v) is 11.1. The Bertz CT molecular complexity index is 813. The molecule has 6 nitrogen and oxygen atoms in total.